The minimum atomic E-state index is -0.976. The summed E-state index contributed by atoms with van der Waals surface area (Å²) in [5.74, 6) is -1.02. The molecule has 0 aliphatic rings. The number of ether oxygens (including phenoxy) is 1. The van der Waals surface area contributed by atoms with Crippen molar-refractivity contribution in [2.45, 2.75) is 20.0 Å². The zero-order chi connectivity index (χ0) is 21.8. The Bertz CT molecular complexity index is 1200. The Morgan fingerprint density at radius 1 is 1.03 bits per heavy atom. The van der Waals surface area contributed by atoms with Gasteiger partial charge >= 0.3 is 5.97 Å². The quantitative estimate of drug-likeness (QED) is 0.432. The van der Waals surface area contributed by atoms with Crippen LogP contribution in [0, 0.1) is 6.92 Å². The number of carbonyl (C=O) groups excluding carboxylic acids is 2. The second kappa shape index (κ2) is 8.97. The summed E-state index contributed by atoms with van der Waals surface area (Å²) in [5.41, 5.74) is 3.27. The van der Waals surface area contributed by atoms with Crippen LogP contribution in [-0.4, -0.2) is 27.8 Å². The van der Waals surface area contributed by atoms with Gasteiger partial charge in [0.05, 0.1) is 10.6 Å². The van der Waals surface area contributed by atoms with Gasteiger partial charge in [0.25, 0.3) is 5.91 Å². The standard InChI is InChI=1S/C24H21N3O3S/c1-16-9-6-7-12-19(16)25-23(28)17(2)30-24(29)21-15-20(22-13-8-14-31-22)26-27(21)18-10-4-3-5-11-18/h3-15,17H,1-2H3,(H,25,28)/t17-/m1/s1. The van der Waals surface area contributed by atoms with E-state index in [0.29, 0.717) is 11.4 Å². The number of para-hydroxylation sites is 2. The van der Waals surface area contributed by atoms with Crippen molar-refractivity contribution in [3.8, 4) is 16.3 Å². The number of hydrogen-bond donors (Lipinski definition) is 1. The summed E-state index contributed by atoms with van der Waals surface area (Å²) in [6.07, 6.45) is -0.976. The van der Waals surface area contributed by atoms with E-state index in [1.807, 2.05) is 73.0 Å². The van der Waals surface area contributed by atoms with E-state index >= 15 is 0 Å². The van der Waals surface area contributed by atoms with Gasteiger partial charge < -0.3 is 10.1 Å². The van der Waals surface area contributed by atoms with Crippen LogP contribution >= 0.6 is 11.3 Å². The van der Waals surface area contributed by atoms with Crippen LogP contribution in [0.3, 0.4) is 0 Å². The molecule has 1 amide bonds. The molecule has 7 heteroatoms. The van der Waals surface area contributed by atoms with Crippen molar-refractivity contribution in [2.75, 3.05) is 5.32 Å². The third-order valence-electron chi connectivity index (χ3n) is 4.75. The fourth-order valence-electron chi connectivity index (χ4n) is 3.06. The van der Waals surface area contributed by atoms with Gasteiger partial charge in [0.2, 0.25) is 0 Å². The molecule has 4 aromatic rings. The molecule has 156 valence electrons. The molecular formula is C24H21N3O3S. The summed E-state index contributed by atoms with van der Waals surface area (Å²) in [5, 5.41) is 9.36. The van der Waals surface area contributed by atoms with Gasteiger partial charge in [-0.25, -0.2) is 9.48 Å². The lowest BCUT2D eigenvalue weighted by atomic mass is 10.2. The Hall–Kier alpha value is -3.71. The van der Waals surface area contributed by atoms with Gasteiger partial charge in [-0.05, 0) is 49.1 Å². The summed E-state index contributed by atoms with van der Waals surface area (Å²) < 4.78 is 7.04. The monoisotopic (exact) mass is 431 g/mol. The van der Waals surface area contributed by atoms with Crippen molar-refractivity contribution in [1.82, 2.24) is 9.78 Å². The third kappa shape index (κ3) is 4.57. The highest BCUT2D eigenvalue weighted by molar-refractivity contribution is 7.13. The van der Waals surface area contributed by atoms with E-state index in [2.05, 4.69) is 10.4 Å². The van der Waals surface area contributed by atoms with E-state index in [-0.39, 0.29) is 5.69 Å². The molecule has 0 bridgehead atoms. The Labute approximate surface area is 184 Å². The Kier molecular flexibility index (Phi) is 5.95. The van der Waals surface area contributed by atoms with Gasteiger partial charge in [-0.1, -0.05) is 42.5 Å². The number of benzene rings is 2. The van der Waals surface area contributed by atoms with E-state index in [0.717, 1.165) is 16.1 Å². The Morgan fingerprint density at radius 3 is 2.48 bits per heavy atom. The Morgan fingerprint density at radius 2 is 1.77 bits per heavy atom. The number of anilines is 1. The van der Waals surface area contributed by atoms with E-state index in [9.17, 15) is 9.59 Å². The lowest BCUT2D eigenvalue weighted by Gasteiger charge is -2.15. The molecule has 0 spiro atoms. The van der Waals surface area contributed by atoms with Crippen molar-refractivity contribution in [2.24, 2.45) is 0 Å². The predicted molar refractivity (Wildman–Crippen MR) is 122 cm³/mol. The normalized spacial score (nSPS) is 11.7. The van der Waals surface area contributed by atoms with Gasteiger partial charge in [0.1, 0.15) is 5.69 Å². The lowest BCUT2D eigenvalue weighted by molar-refractivity contribution is -0.123. The molecule has 31 heavy (non-hydrogen) atoms. The summed E-state index contributed by atoms with van der Waals surface area (Å²) in [6, 6.07) is 22.3. The summed E-state index contributed by atoms with van der Waals surface area (Å²) in [6.45, 7) is 3.45. The average Bonchev–Trinajstić information content (AvgIpc) is 3.46. The highest BCUT2D eigenvalue weighted by Gasteiger charge is 2.24. The lowest BCUT2D eigenvalue weighted by Crippen LogP contribution is -2.30. The number of hydrogen-bond acceptors (Lipinski definition) is 5. The third-order valence-corrected chi connectivity index (χ3v) is 5.64. The van der Waals surface area contributed by atoms with Crippen LogP contribution in [0.5, 0.6) is 0 Å². The van der Waals surface area contributed by atoms with Crippen molar-refractivity contribution in [3.05, 3.63) is 89.4 Å². The van der Waals surface area contributed by atoms with Crippen molar-refractivity contribution < 1.29 is 14.3 Å². The van der Waals surface area contributed by atoms with Gasteiger partial charge in [-0.2, -0.15) is 5.10 Å². The van der Waals surface area contributed by atoms with Gasteiger partial charge in [-0.15, -0.1) is 11.3 Å². The first-order valence-corrected chi connectivity index (χ1v) is 10.7. The number of amides is 1. The summed E-state index contributed by atoms with van der Waals surface area (Å²) >= 11 is 1.53. The fraction of sp³-hybridized carbons (Fsp3) is 0.125. The maximum atomic E-state index is 13.0. The molecular weight excluding hydrogens is 410 g/mol. The number of esters is 1. The first kappa shape index (κ1) is 20.6. The topological polar surface area (TPSA) is 73.2 Å². The molecule has 1 N–H and O–H groups in total. The number of thiophene rings is 1. The smallest absolute Gasteiger partial charge is 0.357 e. The van der Waals surface area contributed by atoms with Crippen LogP contribution in [0.4, 0.5) is 5.69 Å². The minimum absolute atomic E-state index is 0.255. The number of nitrogens with zero attached hydrogens (tertiary/aromatic N) is 2. The predicted octanol–water partition coefficient (Wildman–Crippen LogP) is 5.09. The molecule has 4 rings (SSSR count). The molecule has 6 nitrogen and oxygen atoms in total. The zero-order valence-corrected chi connectivity index (χ0v) is 17.9. The van der Waals surface area contributed by atoms with E-state index < -0.39 is 18.0 Å². The van der Waals surface area contributed by atoms with Gasteiger partial charge in [-0.3, -0.25) is 4.79 Å². The molecule has 0 radical (unpaired) electrons. The molecule has 2 heterocycles. The van der Waals surface area contributed by atoms with E-state index in [1.54, 1.807) is 23.7 Å². The zero-order valence-electron chi connectivity index (χ0n) is 17.1. The molecule has 2 aromatic heterocycles. The number of rotatable bonds is 6. The molecule has 0 aliphatic carbocycles. The molecule has 0 saturated heterocycles. The second-order valence-electron chi connectivity index (χ2n) is 6.99. The number of nitrogens with one attached hydrogen (secondary N) is 1. The van der Waals surface area contributed by atoms with Crippen LogP contribution in [0.2, 0.25) is 0 Å². The number of aromatic nitrogens is 2. The minimum Gasteiger partial charge on any atom is -0.448 e. The summed E-state index contributed by atoms with van der Waals surface area (Å²) in [7, 11) is 0. The SMILES string of the molecule is Cc1ccccc1NC(=O)[C@@H](C)OC(=O)c1cc(-c2cccs2)nn1-c1ccccc1. The number of aryl methyl sites for hydroxylation is 1. The van der Waals surface area contributed by atoms with Crippen LogP contribution in [-0.2, 0) is 9.53 Å². The van der Waals surface area contributed by atoms with Crippen LogP contribution < -0.4 is 5.32 Å². The molecule has 1 atom stereocenters. The molecule has 2 aromatic carbocycles. The maximum Gasteiger partial charge on any atom is 0.357 e. The Balaban J connectivity index is 1.57. The van der Waals surface area contributed by atoms with Gasteiger partial charge in [0, 0.05) is 11.8 Å². The highest BCUT2D eigenvalue weighted by atomic mass is 32.1. The molecule has 0 fully saturated rings. The van der Waals surface area contributed by atoms with Crippen LogP contribution in [0.25, 0.3) is 16.3 Å². The maximum absolute atomic E-state index is 13.0. The summed E-state index contributed by atoms with van der Waals surface area (Å²) in [4.78, 5) is 26.5. The second-order valence-corrected chi connectivity index (χ2v) is 7.94. The highest BCUT2D eigenvalue weighted by Crippen LogP contribution is 2.26. The largest absolute Gasteiger partial charge is 0.448 e. The van der Waals surface area contributed by atoms with Crippen molar-refractivity contribution >= 4 is 28.9 Å². The fourth-order valence-corrected chi connectivity index (χ4v) is 3.74. The van der Waals surface area contributed by atoms with Crippen molar-refractivity contribution in [1.29, 1.82) is 0 Å². The van der Waals surface area contributed by atoms with E-state index in [1.165, 1.54) is 11.3 Å². The first-order chi connectivity index (χ1) is 15.0. The molecule has 0 unspecified atom stereocenters. The molecule has 0 aliphatic heterocycles. The first-order valence-electron chi connectivity index (χ1n) is 9.80. The van der Waals surface area contributed by atoms with Crippen LogP contribution in [0.15, 0.2) is 78.2 Å². The van der Waals surface area contributed by atoms with Crippen LogP contribution in [0.1, 0.15) is 23.0 Å². The van der Waals surface area contributed by atoms with E-state index in [4.69, 9.17) is 4.74 Å². The molecule has 0 saturated carbocycles. The average molecular weight is 432 g/mol. The number of carbonyl (C=O) groups is 2. The van der Waals surface area contributed by atoms with Crippen molar-refractivity contribution in [3.63, 3.8) is 0 Å². The van der Waals surface area contributed by atoms with Gasteiger partial charge in [0.15, 0.2) is 11.8 Å².